The Balaban J connectivity index is 3.17. The van der Waals surface area contributed by atoms with Crippen LogP contribution in [0.3, 0.4) is 0 Å². The van der Waals surface area contributed by atoms with E-state index in [0.717, 1.165) is 32.1 Å². The van der Waals surface area contributed by atoms with E-state index in [4.69, 9.17) is 5.11 Å². The van der Waals surface area contributed by atoms with Gasteiger partial charge in [-0.05, 0) is 25.7 Å². The third-order valence-electron chi connectivity index (χ3n) is 1.88. The number of allylic oxidation sites excluding steroid dienone is 4. The highest BCUT2D eigenvalue weighted by atomic mass is 16.4. The second kappa shape index (κ2) is 10.0. The van der Waals surface area contributed by atoms with Gasteiger partial charge in [0.1, 0.15) is 0 Å². The highest BCUT2D eigenvalue weighted by Gasteiger charge is 1.94. The van der Waals surface area contributed by atoms with Gasteiger partial charge in [-0.15, -0.1) is 0 Å². The van der Waals surface area contributed by atoms with E-state index in [1.807, 2.05) is 0 Å². The molecule has 0 atom stereocenters. The Morgan fingerprint density at radius 2 is 1.86 bits per heavy atom. The lowest BCUT2D eigenvalue weighted by atomic mass is 10.1. The van der Waals surface area contributed by atoms with Crippen molar-refractivity contribution in [2.75, 3.05) is 0 Å². The maximum atomic E-state index is 10.2. The Morgan fingerprint density at radius 1 is 1.14 bits per heavy atom. The molecule has 0 bridgehead atoms. The first-order valence-corrected chi connectivity index (χ1v) is 5.30. The van der Waals surface area contributed by atoms with Crippen molar-refractivity contribution in [2.45, 2.75) is 45.4 Å². The fourth-order valence-electron chi connectivity index (χ4n) is 1.10. The minimum atomic E-state index is -0.688. The molecule has 0 rings (SSSR count). The Bertz CT molecular complexity index is 192. The first-order valence-electron chi connectivity index (χ1n) is 5.30. The first-order chi connectivity index (χ1) is 6.77. The Morgan fingerprint density at radius 3 is 2.50 bits per heavy atom. The van der Waals surface area contributed by atoms with Gasteiger partial charge in [0.15, 0.2) is 0 Å². The summed E-state index contributed by atoms with van der Waals surface area (Å²) < 4.78 is 0. The van der Waals surface area contributed by atoms with E-state index >= 15 is 0 Å². The molecule has 1 N–H and O–H groups in total. The minimum absolute atomic E-state index is 0.305. The zero-order chi connectivity index (χ0) is 10.6. The molecule has 80 valence electrons. The third kappa shape index (κ3) is 11.0. The number of carboxylic acids is 1. The van der Waals surface area contributed by atoms with E-state index < -0.39 is 5.97 Å². The molecule has 14 heavy (non-hydrogen) atoms. The van der Waals surface area contributed by atoms with E-state index in [2.05, 4.69) is 31.2 Å². The minimum Gasteiger partial charge on any atom is -0.481 e. The fourth-order valence-corrected chi connectivity index (χ4v) is 1.10. The van der Waals surface area contributed by atoms with Crippen LogP contribution in [0.15, 0.2) is 24.3 Å². The summed E-state index contributed by atoms with van der Waals surface area (Å²) in [5, 5.41) is 8.39. The third-order valence-corrected chi connectivity index (χ3v) is 1.88. The van der Waals surface area contributed by atoms with E-state index in [1.54, 1.807) is 0 Å². The second-order valence-corrected chi connectivity index (χ2v) is 3.26. The average Bonchev–Trinajstić information content (AvgIpc) is 2.15. The Kier molecular flexibility index (Phi) is 9.28. The monoisotopic (exact) mass is 196 g/mol. The molecule has 0 aliphatic heterocycles. The van der Waals surface area contributed by atoms with Crippen molar-refractivity contribution < 1.29 is 9.90 Å². The number of unbranched alkanes of at least 4 members (excludes halogenated alkanes) is 3. The molecule has 0 aliphatic carbocycles. The van der Waals surface area contributed by atoms with Crippen molar-refractivity contribution in [2.24, 2.45) is 0 Å². The summed E-state index contributed by atoms with van der Waals surface area (Å²) in [6, 6.07) is 0. The molecule has 0 aromatic rings. The summed E-state index contributed by atoms with van der Waals surface area (Å²) in [5.41, 5.74) is 0. The summed E-state index contributed by atoms with van der Waals surface area (Å²) in [4.78, 5) is 10.2. The SMILES string of the molecule is CCC=CC=CCCCCCC(=O)O. The molecule has 0 aromatic heterocycles. The molecule has 0 unspecified atom stereocenters. The molecule has 0 aliphatic rings. The molecule has 0 aromatic carbocycles. The molecule has 0 fully saturated rings. The van der Waals surface area contributed by atoms with Crippen LogP contribution in [0.25, 0.3) is 0 Å². The standard InChI is InChI=1S/C12H20O2/c1-2-3-4-5-6-7-8-9-10-11-12(13)14/h3-6H,2,7-11H2,1H3,(H,13,14). The van der Waals surface area contributed by atoms with Gasteiger partial charge in [0, 0.05) is 6.42 Å². The zero-order valence-electron chi connectivity index (χ0n) is 8.91. The molecule has 0 amide bonds. The lowest BCUT2D eigenvalue weighted by Crippen LogP contribution is -1.93. The van der Waals surface area contributed by atoms with Crippen molar-refractivity contribution in [3.8, 4) is 0 Å². The van der Waals surface area contributed by atoms with Gasteiger partial charge in [0.2, 0.25) is 0 Å². The molecular formula is C12H20O2. The van der Waals surface area contributed by atoms with E-state index in [1.165, 1.54) is 0 Å². The van der Waals surface area contributed by atoms with Crippen LogP contribution in [-0.4, -0.2) is 11.1 Å². The quantitative estimate of drug-likeness (QED) is 0.476. The molecule has 2 heteroatoms. The largest absolute Gasteiger partial charge is 0.481 e. The van der Waals surface area contributed by atoms with Crippen LogP contribution >= 0.6 is 0 Å². The van der Waals surface area contributed by atoms with Gasteiger partial charge < -0.3 is 5.11 Å². The van der Waals surface area contributed by atoms with Crippen LogP contribution in [0.1, 0.15) is 45.4 Å². The number of hydrogen-bond donors (Lipinski definition) is 1. The predicted molar refractivity (Wildman–Crippen MR) is 59.3 cm³/mol. The summed E-state index contributed by atoms with van der Waals surface area (Å²) in [6.07, 6.45) is 13.7. The molecule has 0 radical (unpaired) electrons. The Hall–Kier alpha value is -1.05. The maximum absolute atomic E-state index is 10.2. The maximum Gasteiger partial charge on any atom is 0.303 e. The van der Waals surface area contributed by atoms with Crippen molar-refractivity contribution in [1.82, 2.24) is 0 Å². The Labute approximate surface area is 86.3 Å². The van der Waals surface area contributed by atoms with Crippen molar-refractivity contribution in [1.29, 1.82) is 0 Å². The normalized spacial score (nSPS) is 11.5. The van der Waals surface area contributed by atoms with Gasteiger partial charge >= 0.3 is 5.97 Å². The zero-order valence-corrected chi connectivity index (χ0v) is 8.91. The van der Waals surface area contributed by atoms with Crippen LogP contribution in [-0.2, 0) is 4.79 Å². The lowest BCUT2D eigenvalue weighted by molar-refractivity contribution is -0.137. The smallest absolute Gasteiger partial charge is 0.303 e. The van der Waals surface area contributed by atoms with Crippen molar-refractivity contribution >= 4 is 5.97 Å². The molecular weight excluding hydrogens is 176 g/mol. The van der Waals surface area contributed by atoms with Crippen LogP contribution in [0.2, 0.25) is 0 Å². The van der Waals surface area contributed by atoms with Gasteiger partial charge in [0.25, 0.3) is 0 Å². The molecule has 2 nitrogen and oxygen atoms in total. The summed E-state index contributed by atoms with van der Waals surface area (Å²) in [7, 11) is 0. The van der Waals surface area contributed by atoms with Crippen LogP contribution in [0.5, 0.6) is 0 Å². The molecule has 0 saturated heterocycles. The second-order valence-electron chi connectivity index (χ2n) is 3.26. The summed E-state index contributed by atoms with van der Waals surface area (Å²) in [6.45, 7) is 2.11. The highest BCUT2D eigenvalue weighted by molar-refractivity contribution is 5.66. The van der Waals surface area contributed by atoms with Gasteiger partial charge in [-0.3, -0.25) is 4.79 Å². The van der Waals surface area contributed by atoms with E-state index in [-0.39, 0.29) is 0 Å². The average molecular weight is 196 g/mol. The highest BCUT2D eigenvalue weighted by Crippen LogP contribution is 2.03. The van der Waals surface area contributed by atoms with Gasteiger partial charge in [-0.1, -0.05) is 37.6 Å². The number of rotatable bonds is 8. The lowest BCUT2D eigenvalue weighted by Gasteiger charge is -1.94. The molecule has 0 heterocycles. The number of carbonyl (C=O) groups is 1. The van der Waals surface area contributed by atoms with Crippen molar-refractivity contribution in [3.63, 3.8) is 0 Å². The van der Waals surface area contributed by atoms with Crippen molar-refractivity contribution in [3.05, 3.63) is 24.3 Å². The summed E-state index contributed by atoms with van der Waals surface area (Å²) in [5.74, 6) is -0.688. The number of aliphatic carboxylic acids is 1. The summed E-state index contributed by atoms with van der Waals surface area (Å²) >= 11 is 0. The predicted octanol–water partition coefficient (Wildman–Crippen LogP) is 3.54. The number of carboxylic acid groups (broad SMARTS) is 1. The van der Waals surface area contributed by atoms with Crippen LogP contribution < -0.4 is 0 Å². The number of hydrogen-bond acceptors (Lipinski definition) is 1. The fraction of sp³-hybridized carbons (Fsp3) is 0.583. The van der Waals surface area contributed by atoms with Crippen LogP contribution in [0, 0.1) is 0 Å². The topological polar surface area (TPSA) is 37.3 Å². The van der Waals surface area contributed by atoms with Gasteiger partial charge in [0.05, 0.1) is 0 Å². The van der Waals surface area contributed by atoms with Gasteiger partial charge in [-0.2, -0.15) is 0 Å². The molecule has 0 saturated carbocycles. The van der Waals surface area contributed by atoms with E-state index in [0.29, 0.717) is 6.42 Å². The van der Waals surface area contributed by atoms with Crippen LogP contribution in [0.4, 0.5) is 0 Å². The van der Waals surface area contributed by atoms with E-state index in [9.17, 15) is 4.79 Å². The van der Waals surface area contributed by atoms with Gasteiger partial charge in [-0.25, -0.2) is 0 Å². The molecule has 0 spiro atoms. The first kappa shape index (κ1) is 12.9.